The second-order valence-electron chi connectivity index (χ2n) is 16.9. The lowest BCUT2D eigenvalue weighted by Crippen LogP contribution is -2.46. The van der Waals surface area contributed by atoms with E-state index in [0.717, 1.165) is 70.6 Å². The Kier molecular flexibility index (Phi) is 43.6. The van der Waals surface area contributed by atoms with Crippen LogP contribution < -0.4 is 5.32 Å². The van der Waals surface area contributed by atoms with E-state index in [-0.39, 0.29) is 31.3 Å². The highest BCUT2D eigenvalue weighted by atomic mass is 16.5. The van der Waals surface area contributed by atoms with Crippen LogP contribution >= 0.6 is 0 Å². The molecule has 0 aromatic heterocycles. The van der Waals surface area contributed by atoms with Crippen LogP contribution in [0.2, 0.25) is 0 Å². The van der Waals surface area contributed by atoms with E-state index in [2.05, 4.69) is 56.5 Å². The van der Waals surface area contributed by atoms with Crippen LogP contribution in [0.15, 0.2) is 36.5 Å². The molecular formula is C51H95NO5. The van der Waals surface area contributed by atoms with Crippen molar-refractivity contribution < 1.29 is 24.5 Å². The predicted octanol–water partition coefficient (Wildman–Crippen LogP) is 14.5. The molecule has 334 valence electrons. The average molecular weight is 802 g/mol. The number of rotatable bonds is 44. The zero-order valence-electron chi connectivity index (χ0n) is 38.0. The van der Waals surface area contributed by atoms with Crippen molar-refractivity contribution in [2.45, 2.75) is 270 Å². The zero-order chi connectivity index (χ0) is 41.7. The lowest BCUT2D eigenvalue weighted by molar-refractivity contribution is -0.150. The first-order valence-corrected chi connectivity index (χ1v) is 24.7. The molecular weight excluding hydrogens is 707 g/mol. The molecule has 0 fully saturated rings. The maximum Gasteiger partial charge on any atom is 0.306 e. The Hall–Kier alpha value is -1.92. The van der Waals surface area contributed by atoms with Gasteiger partial charge in [0.05, 0.1) is 25.2 Å². The molecule has 0 aliphatic heterocycles. The summed E-state index contributed by atoms with van der Waals surface area (Å²) in [4.78, 5) is 25.9. The maximum atomic E-state index is 13.1. The number of carbonyl (C=O) groups is 2. The highest BCUT2D eigenvalue weighted by molar-refractivity contribution is 5.77. The molecule has 0 saturated carbocycles. The van der Waals surface area contributed by atoms with E-state index in [1.54, 1.807) is 0 Å². The molecule has 57 heavy (non-hydrogen) atoms. The molecule has 3 unspecified atom stereocenters. The minimum absolute atomic E-state index is 0.0454. The lowest BCUT2D eigenvalue weighted by Gasteiger charge is -2.24. The molecule has 0 spiro atoms. The van der Waals surface area contributed by atoms with Gasteiger partial charge in [-0.15, -0.1) is 0 Å². The number of aliphatic hydroxyl groups excluding tert-OH is 2. The summed E-state index contributed by atoms with van der Waals surface area (Å²) in [6, 6.07) is -0.713. The molecule has 0 aliphatic rings. The molecule has 0 bridgehead atoms. The fraction of sp³-hybridized carbons (Fsp3) is 0.843. The van der Waals surface area contributed by atoms with Crippen molar-refractivity contribution in [1.29, 1.82) is 0 Å². The first-order chi connectivity index (χ1) is 28.0. The topological polar surface area (TPSA) is 95.9 Å². The van der Waals surface area contributed by atoms with E-state index in [9.17, 15) is 19.8 Å². The minimum Gasteiger partial charge on any atom is -0.462 e. The molecule has 0 aliphatic carbocycles. The van der Waals surface area contributed by atoms with Gasteiger partial charge in [0.15, 0.2) is 0 Å². The normalized spacial score (nSPS) is 13.6. The molecule has 0 saturated heterocycles. The quantitative estimate of drug-likeness (QED) is 0.0324. The molecule has 3 atom stereocenters. The van der Waals surface area contributed by atoms with E-state index in [1.807, 2.05) is 6.08 Å². The van der Waals surface area contributed by atoms with Crippen LogP contribution in [0.4, 0.5) is 0 Å². The number of unbranched alkanes of at least 4 members (excludes halogenated alkanes) is 26. The number of esters is 1. The number of nitrogens with one attached hydrogen (secondary N) is 1. The molecule has 0 aromatic rings. The van der Waals surface area contributed by atoms with Crippen molar-refractivity contribution in [3.05, 3.63) is 36.5 Å². The van der Waals surface area contributed by atoms with Gasteiger partial charge in [0.25, 0.3) is 0 Å². The van der Waals surface area contributed by atoms with E-state index in [1.165, 1.54) is 128 Å². The highest BCUT2D eigenvalue weighted by Gasteiger charge is 2.24. The van der Waals surface area contributed by atoms with Crippen molar-refractivity contribution in [1.82, 2.24) is 5.32 Å². The highest BCUT2D eigenvalue weighted by Crippen LogP contribution is 2.17. The van der Waals surface area contributed by atoms with Crippen LogP contribution in [0, 0.1) is 0 Å². The van der Waals surface area contributed by atoms with E-state index < -0.39 is 18.2 Å². The number of hydrogen-bond donors (Lipinski definition) is 3. The average Bonchev–Trinajstić information content (AvgIpc) is 3.20. The Morgan fingerprint density at radius 2 is 0.930 bits per heavy atom. The van der Waals surface area contributed by atoms with Gasteiger partial charge in [-0.25, -0.2) is 0 Å². The van der Waals surface area contributed by atoms with Crippen LogP contribution in [0.5, 0.6) is 0 Å². The van der Waals surface area contributed by atoms with E-state index in [0.29, 0.717) is 19.3 Å². The number of allylic oxidation sites excluding steroid dienone is 6. The van der Waals surface area contributed by atoms with Gasteiger partial charge >= 0.3 is 5.97 Å². The van der Waals surface area contributed by atoms with Crippen LogP contribution in [0.3, 0.4) is 0 Å². The second kappa shape index (κ2) is 45.2. The summed E-state index contributed by atoms with van der Waals surface area (Å²) >= 11 is 0. The SMILES string of the molecule is CCC/C=C\CCCCCC(CC(=O)NC(CO)C(O)CCCCCCCCCCCCCCCCCCC)OC(=O)CC/C=C/C/C=C\CCCCCCCC. The van der Waals surface area contributed by atoms with E-state index in [4.69, 9.17) is 4.74 Å². The smallest absolute Gasteiger partial charge is 0.306 e. The number of aliphatic hydroxyl groups is 2. The van der Waals surface area contributed by atoms with Gasteiger partial charge in [-0.2, -0.15) is 0 Å². The Balaban J connectivity index is 4.45. The first-order valence-electron chi connectivity index (χ1n) is 24.7. The van der Waals surface area contributed by atoms with Crippen LogP contribution in [-0.2, 0) is 14.3 Å². The van der Waals surface area contributed by atoms with Crippen molar-refractivity contribution in [3.8, 4) is 0 Å². The Labute approximate surface area is 353 Å². The minimum atomic E-state index is -0.797. The molecule has 1 amide bonds. The van der Waals surface area contributed by atoms with Gasteiger partial charge in [0, 0.05) is 6.42 Å². The lowest BCUT2D eigenvalue weighted by atomic mass is 10.0. The number of carbonyl (C=O) groups excluding carboxylic acids is 2. The third kappa shape index (κ3) is 40.6. The standard InChI is InChI=1S/C51H95NO5/c1-4-7-10-13-16-19-21-23-24-25-26-28-29-31-34-37-40-43-49(54)48(46-53)52-50(55)45-47(42-39-36-33-18-15-12-9-6-3)57-51(56)44-41-38-35-32-30-27-22-20-17-14-11-8-5-2/h12,15,27,30,35,38,47-49,53-54H,4-11,13-14,16-26,28-29,31-34,36-37,39-46H2,1-3H3,(H,52,55)/b15-12-,30-27-,38-35+. The van der Waals surface area contributed by atoms with Gasteiger partial charge < -0.3 is 20.3 Å². The van der Waals surface area contributed by atoms with Crippen molar-refractivity contribution in [2.24, 2.45) is 0 Å². The molecule has 6 nitrogen and oxygen atoms in total. The summed E-state index contributed by atoms with van der Waals surface area (Å²) in [6.45, 7) is 6.39. The summed E-state index contributed by atoms with van der Waals surface area (Å²) in [7, 11) is 0. The fourth-order valence-corrected chi connectivity index (χ4v) is 7.43. The second-order valence-corrected chi connectivity index (χ2v) is 16.9. The Morgan fingerprint density at radius 3 is 1.44 bits per heavy atom. The van der Waals surface area contributed by atoms with Crippen LogP contribution in [-0.4, -0.2) is 46.9 Å². The molecule has 0 radical (unpaired) electrons. The van der Waals surface area contributed by atoms with Crippen molar-refractivity contribution in [2.75, 3.05) is 6.61 Å². The Morgan fingerprint density at radius 1 is 0.509 bits per heavy atom. The molecule has 0 rings (SSSR count). The maximum absolute atomic E-state index is 13.1. The molecule has 0 heterocycles. The predicted molar refractivity (Wildman–Crippen MR) is 246 cm³/mol. The first kappa shape index (κ1) is 55.1. The summed E-state index contributed by atoms with van der Waals surface area (Å²) < 4.78 is 5.84. The largest absolute Gasteiger partial charge is 0.462 e. The molecule has 3 N–H and O–H groups in total. The van der Waals surface area contributed by atoms with Gasteiger partial charge in [-0.05, 0) is 64.2 Å². The fourth-order valence-electron chi connectivity index (χ4n) is 7.43. The molecule has 0 aromatic carbocycles. The van der Waals surface area contributed by atoms with Crippen LogP contribution in [0.1, 0.15) is 252 Å². The monoisotopic (exact) mass is 802 g/mol. The summed E-state index contributed by atoms with van der Waals surface area (Å²) in [5.74, 6) is -0.570. The van der Waals surface area contributed by atoms with Gasteiger partial charge in [0.2, 0.25) is 5.91 Å². The summed E-state index contributed by atoms with van der Waals surface area (Å²) in [6.07, 6.45) is 52.3. The molecule has 6 heteroatoms. The van der Waals surface area contributed by atoms with E-state index >= 15 is 0 Å². The Bertz CT molecular complexity index is 946. The third-order valence-corrected chi connectivity index (χ3v) is 11.2. The van der Waals surface area contributed by atoms with Gasteiger partial charge in [0.1, 0.15) is 6.10 Å². The number of ether oxygens (including phenoxy) is 1. The third-order valence-electron chi connectivity index (χ3n) is 11.2. The van der Waals surface area contributed by atoms with Crippen molar-refractivity contribution >= 4 is 11.9 Å². The van der Waals surface area contributed by atoms with Crippen LogP contribution in [0.25, 0.3) is 0 Å². The van der Waals surface area contributed by atoms with Gasteiger partial charge in [-0.1, -0.05) is 211 Å². The summed E-state index contributed by atoms with van der Waals surface area (Å²) in [5.41, 5.74) is 0. The summed E-state index contributed by atoms with van der Waals surface area (Å²) in [5, 5.41) is 23.7. The van der Waals surface area contributed by atoms with Gasteiger partial charge in [-0.3, -0.25) is 9.59 Å². The van der Waals surface area contributed by atoms with Crippen molar-refractivity contribution in [3.63, 3.8) is 0 Å². The number of amides is 1. The zero-order valence-corrected chi connectivity index (χ0v) is 38.0. The number of hydrogen-bond acceptors (Lipinski definition) is 5.